The van der Waals surface area contributed by atoms with Gasteiger partial charge >= 0.3 is 0 Å². The number of benzene rings is 2. The molecule has 0 spiro atoms. The van der Waals surface area contributed by atoms with Crippen LogP contribution in [-0.2, 0) is 4.79 Å². The number of amides is 1. The van der Waals surface area contributed by atoms with Gasteiger partial charge in [0.2, 0.25) is 0 Å². The first kappa shape index (κ1) is 15.1. The standard InChI is InChI=1S/C16H14ClNO3/c1-11-2-5-14(6-3-11)18-16(20)10-21-15-7-4-13(17)8-12(15)9-19/h2-9H,10H2,1H3,(H,18,20). The molecule has 0 fully saturated rings. The first-order chi connectivity index (χ1) is 10.1. The molecule has 1 amide bonds. The van der Waals surface area contributed by atoms with E-state index in [0.29, 0.717) is 28.3 Å². The number of rotatable bonds is 5. The summed E-state index contributed by atoms with van der Waals surface area (Å²) in [6.45, 7) is 1.78. The van der Waals surface area contributed by atoms with Gasteiger partial charge in [-0.1, -0.05) is 29.3 Å². The summed E-state index contributed by atoms with van der Waals surface area (Å²) in [6, 6.07) is 12.1. The number of carbonyl (C=O) groups excluding carboxylic acids is 2. The summed E-state index contributed by atoms with van der Waals surface area (Å²) in [4.78, 5) is 22.7. The highest BCUT2D eigenvalue weighted by Gasteiger charge is 2.07. The Labute approximate surface area is 127 Å². The van der Waals surface area contributed by atoms with Crippen molar-refractivity contribution < 1.29 is 14.3 Å². The quantitative estimate of drug-likeness (QED) is 0.860. The molecule has 0 aliphatic carbocycles. The molecule has 2 rings (SSSR count). The van der Waals surface area contributed by atoms with Crippen LogP contribution in [0.4, 0.5) is 5.69 Å². The normalized spacial score (nSPS) is 10.0. The van der Waals surface area contributed by atoms with E-state index in [2.05, 4.69) is 5.32 Å². The topological polar surface area (TPSA) is 55.4 Å². The summed E-state index contributed by atoms with van der Waals surface area (Å²) >= 11 is 5.78. The van der Waals surface area contributed by atoms with Crippen molar-refractivity contribution in [1.82, 2.24) is 0 Å². The zero-order valence-electron chi connectivity index (χ0n) is 11.4. The number of halogens is 1. The van der Waals surface area contributed by atoms with Crippen molar-refractivity contribution in [2.45, 2.75) is 6.92 Å². The Morgan fingerprint density at radius 2 is 1.95 bits per heavy atom. The average Bonchev–Trinajstić information content (AvgIpc) is 2.48. The minimum atomic E-state index is -0.300. The monoisotopic (exact) mass is 303 g/mol. The highest BCUT2D eigenvalue weighted by atomic mass is 35.5. The van der Waals surface area contributed by atoms with Crippen molar-refractivity contribution in [1.29, 1.82) is 0 Å². The van der Waals surface area contributed by atoms with Gasteiger partial charge in [-0.15, -0.1) is 0 Å². The molecule has 0 radical (unpaired) electrons. The molecule has 0 saturated carbocycles. The summed E-state index contributed by atoms with van der Waals surface area (Å²) in [5, 5.41) is 3.15. The second kappa shape index (κ2) is 6.90. The fourth-order valence-corrected chi connectivity index (χ4v) is 1.90. The molecule has 0 bridgehead atoms. The maximum Gasteiger partial charge on any atom is 0.262 e. The van der Waals surface area contributed by atoms with E-state index < -0.39 is 0 Å². The molecule has 0 aromatic heterocycles. The third-order valence-electron chi connectivity index (χ3n) is 2.79. The predicted molar refractivity (Wildman–Crippen MR) is 82.1 cm³/mol. The van der Waals surface area contributed by atoms with Crippen molar-refractivity contribution in [2.75, 3.05) is 11.9 Å². The van der Waals surface area contributed by atoms with Gasteiger partial charge in [-0.2, -0.15) is 0 Å². The Bertz CT molecular complexity index is 653. The summed E-state index contributed by atoms with van der Waals surface area (Å²) in [6.07, 6.45) is 0.638. The summed E-state index contributed by atoms with van der Waals surface area (Å²) in [5.74, 6) is 0.0270. The van der Waals surface area contributed by atoms with Crippen LogP contribution in [0.1, 0.15) is 15.9 Å². The van der Waals surface area contributed by atoms with E-state index in [0.717, 1.165) is 5.56 Å². The van der Waals surface area contributed by atoms with Gasteiger partial charge in [0.05, 0.1) is 5.56 Å². The minimum absolute atomic E-state index is 0.184. The lowest BCUT2D eigenvalue weighted by atomic mass is 10.2. The second-order valence-electron chi connectivity index (χ2n) is 4.50. The Balaban J connectivity index is 1.95. The number of carbonyl (C=O) groups is 2. The summed E-state index contributed by atoms with van der Waals surface area (Å²) in [5.41, 5.74) is 2.12. The molecule has 108 valence electrons. The van der Waals surface area contributed by atoms with Crippen LogP contribution in [-0.4, -0.2) is 18.8 Å². The number of ether oxygens (including phenoxy) is 1. The van der Waals surface area contributed by atoms with Crippen molar-refractivity contribution in [2.24, 2.45) is 0 Å². The van der Waals surface area contributed by atoms with Crippen LogP contribution in [0.2, 0.25) is 5.02 Å². The lowest BCUT2D eigenvalue weighted by Crippen LogP contribution is -2.20. The first-order valence-corrected chi connectivity index (χ1v) is 6.70. The SMILES string of the molecule is Cc1ccc(NC(=O)COc2ccc(Cl)cc2C=O)cc1. The van der Waals surface area contributed by atoms with Crippen LogP contribution in [0.25, 0.3) is 0 Å². The smallest absolute Gasteiger partial charge is 0.262 e. The van der Waals surface area contributed by atoms with Gasteiger partial charge < -0.3 is 10.1 Å². The number of aldehydes is 1. The number of nitrogens with one attached hydrogen (secondary N) is 1. The molecule has 21 heavy (non-hydrogen) atoms. The summed E-state index contributed by atoms with van der Waals surface area (Å²) in [7, 11) is 0. The fourth-order valence-electron chi connectivity index (χ4n) is 1.72. The van der Waals surface area contributed by atoms with Crippen molar-refractivity contribution in [3.05, 3.63) is 58.6 Å². The molecule has 0 aliphatic heterocycles. The molecular weight excluding hydrogens is 290 g/mol. The van der Waals surface area contributed by atoms with E-state index in [9.17, 15) is 9.59 Å². The van der Waals surface area contributed by atoms with E-state index in [1.807, 2.05) is 31.2 Å². The minimum Gasteiger partial charge on any atom is -0.483 e. The summed E-state index contributed by atoms with van der Waals surface area (Å²) < 4.78 is 5.34. The van der Waals surface area contributed by atoms with E-state index >= 15 is 0 Å². The van der Waals surface area contributed by atoms with Crippen LogP contribution in [0.5, 0.6) is 5.75 Å². The van der Waals surface area contributed by atoms with Crippen molar-refractivity contribution in [3.63, 3.8) is 0 Å². The van der Waals surface area contributed by atoms with Crippen molar-refractivity contribution in [3.8, 4) is 5.75 Å². The molecule has 0 heterocycles. The van der Waals surface area contributed by atoms with Gasteiger partial charge in [0.25, 0.3) is 5.91 Å². The van der Waals surface area contributed by atoms with Crippen LogP contribution >= 0.6 is 11.6 Å². The third kappa shape index (κ3) is 4.33. The highest BCUT2D eigenvalue weighted by molar-refractivity contribution is 6.30. The number of hydrogen-bond donors (Lipinski definition) is 1. The van der Waals surface area contributed by atoms with Crippen LogP contribution in [0, 0.1) is 6.92 Å². The van der Waals surface area contributed by atoms with Gasteiger partial charge in [-0.3, -0.25) is 9.59 Å². The van der Waals surface area contributed by atoms with Gasteiger partial charge in [-0.05, 0) is 37.3 Å². The van der Waals surface area contributed by atoms with Crippen molar-refractivity contribution >= 4 is 29.5 Å². The zero-order valence-corrected chi connectivity index (χ0v) is 12.2. The maximum atomic E-state index is 11.8. The third-order valence-corrected chi connectivity index (χ3v) is 3.03. The van der Waals surface area contributed by atoms with E-state index in [-0.39, 0.29) is 12.5 Å². The van der Waals surface area contributed by atoms with Gasteiger partial charge in [0.15, 0.2) is 12.9 Å². The maximum absolute atomic E-state index is 11.8. The van der Waals surface area contributed by atoms with Crippen LogP contribution in [0.15, 0.2) is 42.5 Å². The molecule has 2 aromatic carbocycles. The molecule has 0 atom stereocenters. The zero-order chi connectivity index (χ0) is 15.2. The molecule has 0 unspecified atom stereocenters. The van der Waals surface area contributed by atoms with Crippen LogP contribution in [0.3, 0.4) is 0 Å². The molecule has 4 nitrogen and oxygen atoms in total. The lowest BCUT2D eigenvalue weighted by Gasteiger charge is -2.09. The second-order valence-corrected chi connectivity index (χ2v) is 4.94. The molecule has 2 aromatic rings. The Kier molecular flexibility index (Phi) is 4.95. The van der Waals surface area contributed by atoms with E-state index in [1.54, 1.807) is 12.1 Å². The predicted octanol–water partition coefficient (Wildman–Crippen LogP) is 3.48. The highest BCUT2D eigenvalue weighted by Crippen LogP contribution is 2.21. The van der Waals surface area contributed by atoms with E-state index in [4.69, 9.17) is 16.3 Å². The fraction of sp³-hybridized carbons (Fsp3) is 0.125. The van der Waals surface area contributed by atoms with Crippen LogP contribution < -0.4 is 10.1 Å². The van der Waals surface area contributed by atoms with E-state index in [1.165, 1.54) is 6.07 Å². The average molecular weight is 304 g/mol. The number of anilines is 1. The van der Waals surface area contributed by atoms with Gasteiger partial charge in [-0.25, -0.2) is 0 Å². The van der Waals surface area contributed by atoms with Gasteiger partial charge in [0, 0.05) is 10.7 Å². The molecule has 5 heteroatoms. The molecular formula is C16H14ClNO3. The Morgan fingerprint density at radius 3 is 2.62 bits per heavy atom. The number of aryl methyl sites for hydroxylation is 1. The lowest BCUT2D eigenvalue weighted by molar-refractivity contribution is -0.118. The molecule has 0 aliphatic rings. The molecule has 1 N–H and O–H groups in total. The number of hydrogen-bond acceptors (Lipinski definition) is 3. The first-order valence-electron chi connectivity index (χ1n) is 6.32. The molecule has 0 saturated heterocycles. The largest absolute Gasteiger partial charge is 0.483 e. The Hall–Kier alpha value is -2.33. The van der Waals surface area contributed by atoms with Gasteiger partial charge in [0.1, 0.15) is 5.75 Å². The Morgan fingerprint density at radius 1 is 1.24 bits per heavy atom.